The molecule has 0 aliphatic carbocycles. The molecule has 4 heterocycles. The lowest BCUT2D eigenvalue weighted by molar-refractivity contribution is 0.223. The Bertz CT molecular complexity index is 739. The van der Waals surface area contributed by atoms with Gasteiger partial charge in [-0.3, -0.25) is 9.88 Å². The zero-order valence-electron chi connectivity index (χ0n) is 12.3. The summed E-state index contributed by atoms with van der Waals surface area (Å²) in [5.41, 5.74) is 0.245. The highest BCUT2D eigenvalue weighted by Crippen LogP contribution is 2.35. The fourth-order valence-electron chi connectivity index (χ4n) is 3.54. The first-order valence-electron chi connectivity index (χ1n) is 7.53. The Morgan fingerprint density at radius 1 is 1.09 bits per heavy atom. The summed E-state index contributed by atoms with van der Waals surface area (Å²) in [4.78, 5) is 12.1. The Labute approximate surface area is 131 Å². The molecule has 4 nitrogen and oxygen atoms in total. The van der Waals surface area contributed by atoms with E-state index in [9.17, 15) is 13.2 Å². The van der Waals surface area contributed by atoms with Gasteiger partial charge in [0.15, 0.2) is 11.6 Å². The van der Waals surface area contributed by atoms with Crippen molar-refractivity contribution in [3.63, 3.8) is 0 Å². The summed E-state index contributed by atoms with van der Waals surface area (Å²) < 4.78 is 40.6. The van der Waals surface area contributed by atoms with E-state index in [1.807, 2.05) is 4.90 Å². The maximum absolute atomic E-state index is 13.9. The highest BCUT2D eigenvalue weighted by molar-refractivity contribution is 5.44. The lowest BCUT2D eigenvalue weighted by Gasteiger charge is -2.34. The third-order valence-corrected chi connectivity index (χ3v) is 4.60. The Morgan fingerprint density at radius 3 is 2.65 bits per heavy atom. The van der Waals surface area contributed by atoms with E-state index in [0.717, 1.165) is 18.7 Å². The van der Waals surface area contributed by atoms with Gasteiger partial charge in [0.25, 0.3) is 0 Å². The van der Waals surface area contributed by atoms with E-state index < -0.39 is 11.6 Å². The monoisotopic (exact) mass is 320 g/mol. The third kappa shape index (κ3) is 2.55. The van der Waals surface area contributed by atoms with Crippen molar-refractivity contribution < 1.29 is 13.2 Å². The second kappa shape index (κ2) is 5.49. The zero-order chi connectivity index (χ0) is 16.0. The van der Waals surface area contributed by atoms with Gasteiger partial charge in [-0.2, -0.15) is 0 Å². The van der Waals surface area contributed by atoms with E-state index in [2.05, 4.69) is 14.9 Å². The maximum atomic E-state index is 13.9. The first kappa shape index (κ1) is 14.4. The van der Waals surface area contributed by atoms with E-state index in [1.54, 1.807) is 12.3 Å². The maximum Gasteiger partial charge on any atom is 0.165 e. The van der Waals surface area contributed by atoms with Crippen LogP contribution >= 0.6 is 0 Å². The number of likely N-dealkylation sites (tertiary alicyclic amines) is 1. The minimum atomic E-state index is -0.675. The van der Waals surface area contributed by atoms with Crippen LogP contribution in [0.4, 0.5) is 19.0 Å². The van der Waals surface area contributed by atoms with Gasteiger partial charge in [0, 0.05) is 44.0 Å². The molecule has 2 unspecified atom stereocenters. The third-order valence-electron chi connectivity index (χ3n) is 4.60. The molecule has 120 valence electrons. The van der Waals surface area contributed by atoms with Gasteiger partial charge in [0.1, 0.15) is 11.6 Å². The molecule has 2 aromatic rings. The van der Waals surface area contributed by atoms with Crippen molar-refractivity contribution in [1.29, 1.82) is 0 Å². The van der Waals surface area contributed by atoms with Crippen molar-refractivity contribution in [2.24, 2.45) is 0 Å². The number of fused-ring (bicyclic) bond motifs is 2. The van der Waals surface area contributed by atoms with Crippen LogP contribution in [-0.4, -0.2) is 40.0 Å². The van der Waals surface area contributed by atoms with Gasteiger partial charge in [0.05, 0.1) is 11.9 Å². The quantitative estimate of drug-likeness (QED) is 0.869. The number of hydrogen-bond donors (Lipinski definition) is 0. The van der Waals surface area contributed by atoms with E-state index in [0.29, 0.717) is 25.5 Å². The van der Waals surface area contributed by atoms with Crippen LogP contribution in [0.3, 0.4) is 0 Å². The largest absolute Gasteiger partial charge is 0.348 e. The van der Waals surface area contributed by atoms with Crippen LogP contribution in [0.25, 0.3) is 0 Å². The fourth-order valence-corrected chi connectivity index (χ4v) is 3.54. The minimum absolute atomic E-state index is 0.160. The normalized spacial score (nSPS) is 23.7. The second-order valence-electron chi connectivity index (χ2n) is 6.02. The lowest BCUT2D eigenvalue weighted by Crippen LogP contribution is -2.46. The van der Waals surface area contributed by atoms with Crippen molar-refractivity contribution >= 4 is 5.82 Å². The summed E-state index contributed by atoms with van der Waals surface area (Å²) in [5, 5.41) is 0. The molecule has 2 fully saturated rings. The van der Waals surface area contributed by atoms with Crippen LogP contribution in [0.2, 0.25) is 0 Å². The molecule has 0 spiro atoms. The summed E-state index contributed by atoms with van der Waals surface area (Å²) in [6, 6.07) is 4.19. The number of piperazine rings is 1. The van der Waals surface area contributed by atoms with E-state index in [4.69, 9.17) is 0 Å². The summed E-state index contributed by atoms with van der Waals surface area (Å²) in [5.74, 6) is -1.24. The molecule has 2 aliphatic heterocycles. The number of pyridine rings is 2. The molecular weight excluding hydrogens is 305 g/mol. The number of rotatable bonds is 3. The smallest absolute Gasteiger partial charge is 0.165 e. The Morgan fingerprint density at radius 2 is 1.96 bits per heavy atom. The van der Waals surface area contributed by atoms with Crippen molar-refractivity contribution in [3.05, 3.63) is 53.7 Å². The molecule has 4 rings (SSSR count). The van der Waals surface area contributed by atoms with Gasteiger partial charge in [-0.15, -0.1) is 0 Å². The molecule has 0 N–H and O–H groups in total. The van der Waals surface area contributed by atoms with Crippen molar-refractivity contribution in [2.45, 2.75) is 25.0 Å². The highest BCUT2D eigenvalue weighted by Gasteiger charge is 2.44. The Kier molecular flexibility index (Phi) is 3.45. The summed E-state index contributed by atoms with van der Waals surface area (Å²) >= 11 is 0. The molecule has 0 aromatic carbocycles. The first-order chi connectivity index (χ1) is 11.1. The van der Waals surface area contributed by atoms with E-state index in [-0.39, 0.29) is 23.6 Å². The number of aromatic nitrogens is 2. The molecule has 2 aliphatic rings. The van der Waals surface area contributed by atoms with Gasteiger partial charge >= 0.3 is 0 Å². The molecule has 0 saturated carbocycles. The van der Waals surface area contributed by atoms with Crippen LogP contribution in [0.15, 0.2) is 30.6 Å². The summed E-state index contributed by atoms with van der Waals surface area (Å²) in [6.45, 7) is 1.69. The molecular formula is C16H15F3N4. The van der Waals surface area contributed by atoms with Crippen LogP contribution in [0.5, 0.6) is 0 Å². The predicted octanol–water partition coefficient (Wildman–Crippen LogP) is 2.36. The molecule has 0 radical (unpaired) electrons. The number of hydrogen-bond acceptors (Lipinski definition) is 4. The molecule has 2 saturated heterocycles. The Balaban J connectivity index is 1.48. The standard InChI is InChI=1S/C16H15F3N4/c17-10-4-14(19)15(21-6-10)9-22-7-12-5-11(22)8-23(12)16-13(18)2-1-3-20-16/h1-4,6,11-12H,5,7-9H2. The van der Waals surface area contributed by atoms with Crippen LogP contribution in [0, 0.1) is 17.5 Å². The van der Waals surface area contributed by atoms with Gasteiger partial charge < -0.3 is 4.90 Å². The number of nitrogens with zero attached hydrogens (tertiary/aromatic N) is 4. The van der Waals surface area contributed by atoms with Crippen molar-refractivity contribution in [3.8, 4) is 0 Å². The Hall–Kier alpha value is -2.15. The van der Waals surface area contributed by atoms with Gasteiger partial charge in [-0.05, 0) is 18.6 Å². The summed E-state index contributed by atoms with van der Waals surface area (Å²) in [7, 11) is 0. The lowest BCUT2D eigenvalue weighted by atomic mass is 10.2. The van der Waals surface area contributed by atoms with Crippen molar-refractivity contribution in [1.82, 2.24) is 14.9 Å². The minimum Gasteiger partial charge on any atom is -0.348 e. The average molecular weight is 320 g/mol. The SMILES string of the molecule is Fc1cnc(CN2CC3CC2CN3c2ncccc2F)c(F)c1. The molecule has 2 aromatic heterocycles. The van der Waals surface area contributed by atoms with E-state index >= 15 is 0 Å². The second-order valence-corrected chi connectivity index (χ2v) is 6.02. The van der Waals surface area contributed by atoms with Crippen molar-refractivity contribution in [2.75, 3.05) is 18.0 Å². The highest BCUT2D eigenvalue weighted by atomic mass is 19.1. The molecule has 2 bridgehead atoms. The molecule has 7 heteroatoms. The number of halogens is 3. The predicted molar refractivity (Wildman–Crippen MR) is 78.3 cm³/mol. The average Bonchev–Trinajstić information content (AvgIpc) is 3.10. The molecule has 2 atom stereocenters. The van der Waals surface area contributed by atoms with Crippen LogP contribution in [-0.2, 0) is 6.54 Å². The summed E-state index contributed by atoms with van der Waals surface area (Å²) in [6.07, 6.45) is 3.50. The van der Waals surface area contributed by atoms with Crippen LogP contribution in [0.1, 0.15) is 12.1 Å². The van der Waals surface area contributed by atoms with Gasteiger partial charge in [-0.25, -0.2) is 18.2 Å². The zero-order valence-corrected chi connectivity index (χ0v) is 12.3. The first-order valence-corrected chi connectivity index (χ1v) is 7.53. The van der Waals surface area contributed by atoms with E-state index in [1.165, 1.54) is 6.07 Å². The van der Waals surface area contributed by atoms with Gasteiger partial charge in [0.2, 0.25) is 0 Å². The van der Waals surface area contributed by atoms with Gasteiger partial charge in [-0.1, -0.05) is 0 Å². The fraction of sp³-hybridized carbons (Fsp3) is 0.375. The molecule has 23 heavy (non-hydrogen) atoms. The van der Waals surface area contributed by atoms with Crippen LogP contribution < -0.4 is 4.90 Å². The topological polar surface area (TPSA) is 32.3 Å². The number of anilines is 1. The molecule has 0 amide bonds.